The lowest BCUT2D eigenvalue weighted by Gasteiger charge is -2.17. The van der Waals surface area contributed by atoms with Gasteiger partial charge in [-0.25, -0.2) is 0 Å². The van der Waals surface area contributed by atoms with E-state index in [-0.39, 0.29) is 0 Å². The van der Waals surface area contributed by atoms with Gasteiger partial charge in [0.25, 0.3) is 0 Å². The lowest BCUT2D eigenvalue weighted by molar-refractivity contribution is 0.305. The molecule has 4 rings (SSSR count). The Kier molecular flexibility index (Phi) is 3.38. The number of aromatic nitrogens is 4. The first-order valence-corrected chi connectivity index (χ1v) is 7.87. The summed E-state index contributed by atoms with van der Waals surface area (Å²) in [7, 11) is 0. The van der Waals surface area contributed by atoms with Crippen LogP contribution < -0.4 is 4.74 Å². The molecule has 0 amide bonds. The average molecular weight is 357 g/mol. The van der Waals surface area contributed by atoms with Crippen molar-refractivity contribution in [2.24, 2.45) is 0 Å². The number of hydrogen-bond acceptors (Lipinski definition) is 4. The van der Waals surface area contributed by atoms with Gasteiger partial charge in [-0.1, -0.05) is 34.1 Å². The summed E-state index contributed by atoms with van der Waals surface area (Å²) in [5.74, 6) is 1.78. The van der Waals surface area contributed by atoms with Crippen LogP contribution in [0.4, 0.5) is 0 Å². The zero-order valence-corrected chi connectivity index (χ0v) is 13.3. The Morgan fingerprint density at radius 2 is 2.05 bits per heavy atom. The molecule has 0 unspecified atom stereocenters. The molecule has 1 aromatic heterocycles. The summed E-state index contributed by atoms with van der Waals surface area (Å²) in [5, 5.41) is 11.8. The largest absolute Gasteiger partial charge is 0.489 e. The minimum atomic E-state index is 0.538. The summed E-state index contributed by atoms with van der Waals surface area (Å²) in [4.78, 5) is 0. The summed E-state index contributed by atoms with van der Waals surface area (Å²) in [5.41, 5.74) is 3.38. The van der Waals surface area contributed by atoms with Crippen molar-refractivity contribution in [1.29, 1.82) is 0 Å². The molecular weight excluding hydrogens is 344 g/mol. The maximum absolute atomic E-state index is 5.92. The SMILES string of the molecule is Brc1ccccc1COc1ccc2c(c1)CCc1nnnn1-2. The second-order valence-electron chi connectivity index (χ2n) is 5.18. The van der Waals surface area contributed by atoms with Gasteiger partial charge in [-0.15, -0.1) is 5.10 Å². The van der Waals surface area contributed by atoms with Crippen LogP contribution in [-0.4, -0.2) is 20.2 Å². The number of halogens is 1. The van der Waals surface area contributed by atoms with Crippen LogP contribution in [0.15, 0.2) is 46.9 Å². The second-order valence-corrected chi connectivity index (χ2v) is 6.03. The summed E-state index contributed by atoms with van der Waals surface area (Å²) < 4.78 is 8.78. The summed E-state index contributed by atoms with van der Waals surface area (Å²) in [6.07, 6.45) is 1.79. The molecule has 1 aliphatic heterocycles. The molecular formula is C16H13BrN4O. The van der Waals surface area contributed by atoms with Gasteiger partial charge in [0, 0.05) is 16.5 Å². The van der Waals surface area contributed by atoms with Gasteiger partial charge in [-0.2, -0.15) is 4.68 Å². The molecule has 0 N–H and O–H groups in total. The Morgan fingerprint density at radius 3 is 2.95 bits per heavy atom. The van der Waals surface area contributed by atoms with E-state index in [1.807, 2.05) is 30.3 Å². The van der Waals surface area contributed by atoms with Gasteiger partial charge in [-0.3, -0.25) is 0 Å². The van der Waals surface area contributed by atoms with E-state index in [2.05, 4.69) is 43.6 Å². The van der Waals surface area contributed by atoms with E-state index in [1.54, 1.807) is 4.68 Å². The van der Waals surface area contributed by atoms with Crippen LogP contribution in [0.2, 0.25) is 0 Å². The lowest BCUT2D eigenvalue weighted by Crippen LogP contribution is -2.13. The maximum Gasteiger partial charge on any atom is 0.157 e. The Balaban J connectivity index is 1.57. The van der Waals surface area contributed by atoms with Gasteiger partial charge in [0.1, 0.15) is 12.4 Å². The first kappa shape index (κ1) is 13.5. The number of fused-ring (bicyclic) bond motifs is 3. The molecule has 3 aromatic rings. The fraction of sp³-hybridized carbons (Fsp3) is 0.188. The van der Waals surface area contributed by atoms with Crippen molar-refractivity contribution < 1.29 is 4.74 Å². The molecule has 5 nitrogen and oxygen atoms in total. The molecule has 1 aliphatic rings. The highest BCUT2D eigenvalue weighted by Gasteiger charge is 2.18. The van der Waals surface area contributed by atoms with Crippen molar-refractivity contribution in [2.45, 2.75) is 19.4 Å². The Labute approximate surface area is 136 Å². The highest BCUT2D eigenvalue weighted by molar-refractivity contribution is 9.10. The zero-order valence-electron chi connectivity index (χ0n) is 11.7. The van der Waals surface area contributed by atoms with Crippen LogP contribution in [-0.2, 0) is 19.4 Å². The van der Waals surface area contributed by atoms with Crippen molar-refractivity contribution in [3.05, 3.63) is 63.9 Å². The second kappa shape index (κ2) is 5.53. The highest BCUT2D eigenvalue weighted by Crippen LogP contribution is 2.27. The third-order valence-electron chi connectivity index (χ3n) is 3.78. The van der Waals surface area contributed by atoms with Crippen LogP contribution in [0.3, 0.4) is 0 Å². The Bertz CT molecular complexity index is 831. The highest BCUT2D eigenvalue weighted by atomic mass is 79.9. The first-order valence-electron chi connectivity index (χ1n) is 7.08. The summed E-state index contributed by atoms with van der Waals surface area (Å²) in [6, 6.07) is 14.1. The quantitative estimate of drug-likeness (QED) is 0.723. The van der Waals surface area contributed by atoms with Crippen LogP contribution in [0.1, 0.15) is 17.0 Å². The van der Waals surface area contributed by atoms with Gasteiger partial charge in [-0.05, 0) is 46.7 Å². The molecule has 0 radical (unpaired) electrons. The topological polar surface area (TPSA) is 52.8 Å². The molecule has 0 bridgehead atoms. The summed E-state index contributed by atoms with van der Waals surface area (Å²) in [6.45, 7) is 0.538. The number of rotatable bonds is 3. The third kappa shape index (κ3) is 2.39. The van der Waals surface area contributed by atoms with Crippen molar-refractivity contribution >= 4 is 15.9 Å². The third-order valence-corrected chi connectivity index (χ3v) is 4.56. The van der Waals surface area contributed by atoms with E-state index in [1.165, 1.54) is 5.56 Å². The zero-order chi connectivity index (χ0) is 14.9. The molecule has 0 aliphatic carbocycles. The average Bonchev–Trinajstić information content (AvgIpc) is 3.03. The monoisotopic (exact) mass is 356 g/mol. The van der Waals surface area contributed by atoms with E-state index < -0.39 is 0 Å². The minimum absolute atomic E-state index is 0.538. The normalized spacial score (nSPS) is 12.6. The molecule has 110 valence electrons. The molecule has 0 fully saturated rings. The van der Waals surface area contributed by atoms with Crippen molar-refractivity contribution in [1.82, 2.24) is 20.2 Å². The van der Waals surface area contributed by atoms with Crippen LogP contribution in [0.25, 0.3) is 5.69 Å². The van der Waals surface area contributed by atoms with Gasteiger partial charge < -0.3 is 4.74 Å². The van der Waals surface area contributed by atoms with Crippen molar-refractivity contribution in [3.8, 4) is 11.4 Å². The van der Waals surface area contributed by atoms with Gasteiger partial charge >= 0.3 is 0 Å². The Morgan fingerprint density at radius 1 is 1.14 bits per heavy atom. The van der Waals surface area contributed by atoms with E-state index in [9.17, 15) is 0 Å². The van der Waals surface area contributed by atoms with E-state index in [0.29, 0.717) is 6.61 Å². The van der Waals surface area contributed by atoms with Gasteiger partial charge in [0.15, 0.2) is 5.82 Å². The van der Waals surface area contributed by atoms with Crippen molar-refractivity contribution in [3.63, 3.8) is 0 Å². The van der Waals surface area contributed by atoms with Gasteiger partial charge in [0.2, 0.25) is 0 Å². The molecule has 2 heterocycles. The van der Waals surface area contributed by atoms with Gasteiger partial charge in [0.05, 0.1) is 5.69 Å². The molecule has 22 heavy (non-hydrogen) atoms. The van der Waals surface area contributed by atoms with Crippen LogP contribution in [0.5, 0.6) is 5.75 Å². The number of hydrogen-bond donors (Lipinski definition) is 0. The molecule has 2 aromatic carbocycles. The van der Waals surface area contributed by atoms with Crippen LogP contribution >= 0.6 is 15.9 Å². The first-order chi connectivity index (χ1) is 10.8. The standard InChI is InChI=1S/C16H13BrN4O/c17-14-4-2-1-3-12(14)10-22-13-6-7-15-11(9-13)5-8-16-18-19-20-21(15)16/h1-4,6-7,9H,5,8,10H2. The molecule has 0 saturated heterocycles. The minimum Gasteiger partial charge on any atom is -0.489 e. The van der Waals surface area contributed by atoms with Crippen LogP contribution in [0, 0.1) is 0 Å². The smallest absolute Gasteiger partial charge is 0.157 e. The number of tetrazole rings is 1. The predicted molar refractivity (Wildman–Crippen MR) is 85.0 cm³/mol. The van der Waals surface area contributed by atoms with E-state index >= 15 is 0 Å². The fourth-order valence-corrected chi connectivity index (χ4v) is 3.03. The van der Waals surface area contributed by atoms with E-state index in [4.69, 9.17) is 4.74 Å². The molecule has 0 atom stereocenters. The van der Waals surface area contributed by atoms with E-state index in [0.717, 1.165) is 40.1 Å². The lowest BCUT2D eigenvalue weighted by atomic mass is 10.0. The number of benzene rings is 2. The Hall–Kier alpha value is -2.21. The molecule has 0 saturated carbocycles. The fourth-order valence-electron chi connectivity index (χ4n) is 2.63. The maximum atomic E-state index is 5.92. The number of ether oxygens (including phenoxy) is 1. The van der Waals surface area contributed by atoms with Crippen molar-refractivity contribution in [2.75, 3.05) is 0 Å². The predicted octanol–water partition coefficient (Wildman–Crippen LogP) is 3.10. The summed E-state index contributed by atoms with van der Waals surface area (Å²) >= 11 is 3.54. The number of nitrogens with zero attached hydrogens (tertiary/aromatic N) is 4. The number of aryl methyl sites for hydroxylation is 2. The molecule has 0 spiro atoms. The molecule has 6 heteroatoms.